The molecule has 0 aliphatic carbocycles. The number of hydrogen-bond acceptors (Lipinski definition) is 4. The SMILES string of the molecule is CCC(=O)ON(CO)C(C)=O. The Hall–Kier alpha value is -1.10. The first-order chi connectivity index (χ1) is 5.11. The van der Waals surface area contributed by atoms with E-state index in [1.165, 1.54) is 6.92 Å². The zero-order valence-electron chi connectivity index (χ0n) is 6.53. The molecular formula is C6H11NO4. The molecule has 0 spiro atoms. The van der Waals surface area contributed by atoms with Gasteiger partial charge < -0.3 is 9.94 Å². The second kappa shape index (κ2) is 4.68. The van der Waals surface area contributed by atoms with Crippen LogP contribution >= 0.6 is 0 Å². The minimum Gasteiger partial charge on any atom is -0.373 e. The van der Waals surface area contributed by atoms with E-state index in [0.717, 1.165) is 0 Å². The molecule has 0 aliphatic rings. The summed E-state index contributed by atoms with van der Waals surface area (Å²) in [7, 11) is 0. The van der Waals surface area contributed by atoms with Crippen molar-refractivity contribution in [2.75, 3.05) is 6.73 Å². The van der Waals surface area contributed by atoms with Gasteiger partial charge in [-0.25, -0.2) is 4.79 Å². The molecule has 11 heavy (non-hydrogen) atoms. The van der Waals surface area contributed by atoms with E-state index in [1.807, 2.05) is 0 Å². The number of hydroxylamine groups is 2. The summed E-state index contributed by atoms with van der Waals surface area (Å²) >= 11 is 0. The molecule has 0 unspecified atom stereocenters. The van der Waals surface area contributed by atoms with Crippen molar-refractivity contribution in [3.63, 3.8) is 0 Å². The highest BCUT2D eigenvalue weighted by Crippen LogP contribution is 1.92. The van der Waals surface area contributed by atoms with Crippen LogP contribution in [0.15, 0.2) is 0 Å². The largest absolute Gasteiger partial charge is 0.373 e. The quantitative estimate of drug-likeness (QED) is 0.444. The third-order valence-corrected chi connectivity index (χ3v) is 0.980. The van der Waals surface area contributed by atoms with Gasteiger partial charge in [0.25, 0.3) is 5.91 Å². The van der Waals surface area contributed by atoms with E-state index >= 15 is 0 Å². The summed E-state index contributed by atoms with van der Waals surface area (Å²) in [5, 5.41) is 9.06. The smallest absolute Gasteiger partial charge is 0.332 e. The van der Waals surface area contributed by atoms with Crippen molar-refractivity contribution in [2.24, 2.45) is 0 Å². The van der Waals surface area contributed by atoms with Gasteiger partial charge >= 0.3 is 5.97 Å². The molecule has 0 rings (SSSR count). The van der Waals surface area contributed by atoms with Gasteiger partial charge in [0.05, 0.1) is 0 Å². The average Bonchev–Trinajstić information content (AvgIpc) is 1.99. The first kappa shape index (κ1) is 9.90. The van der Waals surface area contributed by atoms with Gasteiger partial charge in [0.2, 0.25) is 0 Å². The van der Waals surface area contributed by atoms with Crippen LogP contribution in [0, 0.1) is 0 Å². The maximum atomic E-state index is 10.6. The number of carbonyl (C=O) groups excluding carboxylic acids is 2. The van der Waals surface area contributed by atoms with Crippen LogP contribution in [0.3, 0.4) is 0 Å². The first-order valence-electron chi connectivity index (χ1n) is 3.21. The highest BCUT2D eigenvalue weighted by atomic mass is 16.7. The molecule has 0 fully saturated rings. The van der Waals surface area contributed by atoms with Crippen molar-refractivity contribution in [3.05, 3.63) is 0 Å². The van der Waals surface area contributed by atoms with Crippen LogP contribution in [0.4, 0.5) is 0 Å². The minimum atomic E-state index is -0.610. The summed E-state index contributed by atoms with van der Waals surface area (Å²) in [6.07, 6.45) is 0.170. The molecular weight excluding hydrogens is 150 g/mol. The zero-order chi connectivity index (χ0) is 8.85. The lowest BCUT2D eigenvalue weighted by Gasteiger charge is -2.15. The van der Waals surface area contributed by atoms with E-state index in [0.29, 0.717) is 5.06 Å². The molecule has 0 aromatic rings. The van der Waals surface area contributed by atoms with E-state index < -0.39 is 18.6 Å². The number of aliphatic hydroxyl groups excluding tert-OH is 1. The summed E-state index contributed by atoms with van der Waals surface area (Å²) < 4.78 is 0. The summed E-state index contributed by atoms with van der Waals surface area (Å²) in [6, 6.07) is 0. The maximum Gasteiger partial charge on any atom is 0.332 e. The summed E-state index contributed by atoms with van der Waals surface area (Å²) in [6.45, 7) is 2.18. The summed E-state index contributed by atoms with van der Waals surface area (Å²) in [5.74, 6) is -1.05. The van der Waals surface area contributed by atoms with Gasteiger partial charge in [-0.2, -0.15) is 0 Å². The van der Waals surface area contributed by atoms with Crippen molar-refractivity contribution >= 4 is 11.9 Å². The molecule has 0 aromatic heterocycles. The van der Waals surface area contributed by atoms with Crippen molar-refractivity contribution in [1.29, 1.82) is 0 Å². The zero-order valence-corrected chi connectivity index (χ0v) is 6.53. The molecule has 0 saturated carbocycles. The Kier molecular flexibility index (Phi) is 4.21. The average molecular weight is 161 g/mol. The molecule has 0 aromatic carbocycles. The Morgan fingerprint density at radius 2 is 2.09 bits per heavy atom. The van der Waals surface area contributed by atoms with E-state index in [2.05, 4.69) is 4.84 Å². The fraction of sp³-hybridized carbons (Fsp3) is 0.667. The predicted octanol–water partition coefficient (Wildman–Crippen LogP) is -0.347. The van der Waals surface area contributed by atoms with E-state index in [-0.39, 0.29) is 6.42 Å². The molecule has 5 heteroatoms. The second-order valence-electron chi connectivity index (χ2n) is 1.86. The van der Waals surface area contributed by atoms with Crippen LogP contribution in [0.2, 0.25) is 0 Å². The fourth-order valence-corrected chi connectivity index (χ4v) is 0.380. The third kappa shape index (κ3) is 3.57. The Bertz CT molecular complexity index is 157. The van der Waals surface area contributed by atoms with Crippen molar-refractivity contribution in [2.45, 2.75) is 20.3 Å². The Labute approximate surface area is 64.5 Å². The summed E-state index contributed by atoms with van der Waals surface area (Å²) in [5.41, 5.74) is 0. The molecule has 0 bridgehead atoms. The van der Waals surface area contributed by atoms with Crippen molar-refractivity contribution < 1.29 is 19.5 Å². The number of rotatable bonds is 2. The lowest BCUT2D eigenvalue weighted by molar-refractivity contribution is -0.209. The van der Waals surface area contributed by atoms with Gasteiger partial charge in [0.15, 0.2) is 6.73 Å². The Morgan fingerprint density at radius 3 is 2.36 bits per heavy atom. The van der Waals surface area contributed by atoms with Crippen LogP contribution in [0.1, 0.15) is 20.3 Å². The van der Waals surface area contributed by atoms with Gasteiger partial charge in [0.1, 0.15) is 0 Å². The highest BCUT2D eigenvalue weighted by Gasteiger charge is 2.11. The van der Waals surface area contributed by atoms with Crippen LogP contribution in [-0.4, -0.2) is 28.8 Å². The Morgan fingerprint density at radius 1 is 1.55 bits per heavy atom. The van der Waals surface area contributed by atoms with Crippen LogP contribution in [0.5, 0.6) is 0 Å². The highest BCUT2D eigenvalue weighted by molar-refractivity contribution is 5.75. The summed E-state index contributed by atoms with van der Waals surface area (Å²) in [4.78, 5) is 25.5. The molecule has 64 valence electrons. The van der Waals surface area contributed by atoms with Gasteiger partial charge in [-0.3, -0.25) is 4.79 Å². The Balaban J connectivity index is 3.88. The topological polar surface area (TPSA) is 66.8 Å². The van der Waals surface area contributed by atoms with E-state index in [4.69, 9.17) is 5.11 Å². The van der Waals surface area contributed by atoms with Gasteiger partial charge in [-0.15, -0.1) is 5.06 Å². The minimum absolute atomic E-state index is 0.170. The molecule has 0 atom stereocenters. The standard InChI is InChI=1S/C6H11NO4/c1-3-6(10)11-7(4-8)5(2)9/h8H,3-4H2,1-2H3. The number of nitrogens with zero attached hydrogens (tertiary/aromatic N) is 1. The van der Waals surface area contributed by atoms with Gasteiger partial charge in [0, 0.05) is 13.3 Å². The molecule has 0 radical (unpaired) electrons. The third-order valence-electron chi connectivity index (χ3n) is 0.980. The molecule has 0 saturated heterocycles. The molecule has 0 heterocycles. The van der Waals surface area contributed by atoms with Gasteiger partial charge in [-0.05, 0) is 0 Å². The molecule has 5 nitrogen and oxygen atoms in total. The number of aliphatic hydroxyl groups is 1. The van der Waals surface area contributed by atoms with Crippen LogP contribution in [0.25, 0.3) is 0 Å². The number of amides is 1. The first-order valence-corrected chi connectivity index (χ1v) is 3.21. The van der Waals surface area contributed by atoms with E-state index in [9.17, 15) is 9.59 Å². The monoisotopic (exact) mass is 161 g/mol. The number of carbonyl (C=O) groups is 2. The van der Waals surface area contributed by atoms with Crippen molar-refractivity contribution in [3.8, 4) is 0 Å². The maximum absolute atomic E-state index is 10.6. The van der Waals surface area contributed by atoms with Crippen LogP contribution in [-0.2, 0) is 14.4 Å². The molecule has 0 aliphatic heterocycles. The van der Waals surface area contributed by atoms with E-state index in [1.54, 1.807) is 6.92 Å². The lowest BCUT2D eigenvalue weighted by Crippen LogP contribution is -2.32. The molecule has 1 N–H and O–H groups in total. The van der Waals surface area contributed by atoms with Crippen molar-refractivity contribution in [1.82, 2.24) is 5.06 Å². The number of hydrogen-bond donors (Lipinski definition) is 1. The lowest BCUT2D eigenvalue weighted by atomic mass is 10.5. The normalized spacial score (nSPS) is 9.00. The molecule has 1 amide bonds. The second-order valence-corrected chi connectivity index (χ2v) is 1.86. The van der Waals surface area contributed by atoms with Gasteiger partial charge in [-0.1, -0.05) is 6.92 Å². The fourth-order valence-electron chi connectivity index (χ4n) is 0.380. The van der Waals surface area contributed by atoms with Crippen LogP contribution < -0.4 is 0 Å². The predicted molar refractivity (Wildman–Crippen MR) is 36.0 cm³/mol.